The van der Waals surface area contributed by atoms with Crippen molar-refractivity contribution in [2.45, 2.75) is 169 Å². The highest BCUT2D eigenvalue weighted by atomic mass is 32.2. The van der Waals surface area contributed by atoms with Gasteiger partial charge in [-0.25, -0.2) is 24.4 Å². The minimum Gasteiger partial charge on any atom is -0.481 e. The molecule has 8 amide bonds. The summed E-state index contributed by atoms with van der Waals surface area (Å²) >= 11 is 1.39. The Kier molecular flexibility index (Phi) is 27.2. The normalized spacial score (nSPS) is 19.6. The molecule has 3 aromatic heterocycles. The van der Waals surface area contributed by atoms with Crippen LogP contribution >= 0.6 is 11.3 Å². The number of carbonyl (C=O) groups excluding carboxylic acids is 9. The number of ketones is 2. The third-order valence-corrected chi connectivity index (χ3v) is 22.9. The lowest BCUT2D eigenvalue weighted by Crippen LogP contribution is -2.55. The minimum atomic E-state index is -4.80. The average Bonchev–Trinajstić information content (AvgIpc) is 1.02. The first kappa shape index (κ1) is 83.2. The molecule has 6 aromatic rings. The van der Waals surface area contributed by atoms with Gasteiger partial charge in [0.25, 0.3) is 27.8 Å². The summed E-state index contributed by atoms with van der Waals surface area (Å²) < 4.78 is 49.7. The molecule has 32 heteroatoms. The van der Waals surface area contributed by atoms with Crippen LogP contribution in [0.5, 0.6) is 0 Å². The number of Topliss-reactive ketones (excluding diaryl/α,β-unsaturated/α-hetero) is 2. The SMILES string of the molecule is Cc1c(-c2ccc(N3CCc4cccc(C(=O)Nc5nc6ccccc6s5)c4C3)nc2C(=O)O)cnn1CC1(C)CC2(C)CC(C)CC(OCCN(CCC(=O)O)C(=O)OCc3ccc(NC(=O)[C@H](CCCNC(N)=O)CC(=O)[C@@H](NC(=O)[C@@H](CC(=O)CCCCCN4C(=O)C=CC4=O)CS(=O)(=O)O)C(C)C)cc3)(C2)C1. The molecule has 7 atom stereocenters. The van der Waals surface area contributed by atoms with Crippen molar-refractivity contribution in [3.05, 3.63) is 131 Å². The number of carboxylic acids is 2. The van der Waals surface area contributed by atoms with Crippen LogP contribution in [-0.4, -0.2) is 175 Å². The molecule has 5 heterocycles. The average molecular weight is 1570 g/mol. The van der Waals surface area contributed by atoms with Gasteiger partial charge in [0, 0.05) is 111 Å². The summed E-state index contributed by atoms with van der Waals surface area (Å²) in [5, 5.41) is 36.7. The first-order chi connectivity index (χ1) is 52.6. The highest BCUT2D eigenvalue weighted by molar-refractivity contribution is 7.85. The summed E-state index contributed by atoms with van der Waals surface area (Å²) in [7, 11) is -4.80. The number of aliphatic carboxylic acids is 1. The Labute approximate surface area is 647 Å². The van der Waals surface area contributed by atoms with Crippen LogP contribution in [0.1, 0.15) is 168 Å². The third-order valence-electron chi connectivity index (χ3n) is 21.1. The Balaban J connectivity index is 0.738. The smallest absolute Gasteiger partial charge is 0.410 e. The number of fused-ring (bicyclic) bond motifs is 4. The second-order valence-corrected chi connectivity index (χ2v) is 33.5. The van der Waals surface area contributed by atoms with Crippen molar-refractivity contribution in [1.29, 1.82) is 0 Å². The second-order valence-electron chi connectivity index (χ2n) is 31.0. The molecule has 2 bridgehead atoms. The molecule has 111 heavy (non-hydrogen) atoms. The van der Waals surface area contributed by atoms with Crippen molar-refractivity contribution in [1.82, 2.24) is 40.2 Å². The van der Waals surface area contributed by atoms with E-state index in [4.69, 9.17) is 25.3 Å². The number of unbranched alkanes of at least 4 members (excludes halogenated alkanes) is 2. The van der Waals surface area contributed by atoms with E-state index in [0.717, 1.165) is 69.8 Å². The van der Waals surface area contributed by atoms with Crippen molar-refractivity contribution < 1.29 is 85.4 Å². The van der Waals surface area contributed by atoms with Gasteiger partial charge in [0.1, 0.15) is 18.2 Å². The number of para-hydroxylation sites is 1. The van der Waals surface area contributed by atoms with Crippen molar-refractivity contribution in [2.24, 2.45) is 40.2 Å². The summed E-state index contributed by atoms with van der Waals surface area (Å²) in [5.41, 5.74) is 9.71. The standard InChI is InChI=1S/C79H98N12O18S2/c1-48(2)68(86-71(99)54(43-111(105,106)107)36-56(92)16-8-7-11-31-90-65(94)26-27-66(90)95)62(93)37-53(15-13-30-81-74(80)103)70(98)83-55-22-20-51(21-23-55)42-108-76(104)88(33-29-67(96)97)34-35-109-79-39-49(3)38-77(5,45-79)44-78(6,46-79)47-91-50(4)59(40-82-91)57-24-25-64(85-69(57)73(101)102)89-32-28-52-14-12-17-58(60(52)41-89)72(100)87-75-84-61-18-9-10-19-63(61)110-75/h9-10,12,14,17-27,40,48-49,53-54,68H,7-8,11,13,15-16,28-39,41-47H2,1-6H3,(H,83,98)(H,86,99)(H,96,97)(H,101,102)(H3,80,81,103)(H,84,87,100)(H,105,106,107)/t49?,53-,54+,68+,77?,78?,79?/m1/s1. The van der Waals surface area contributed by atoms with Crippen molar-refractivity contribution in [3.8, 4) is 11.1 Å². The zero-order chi connectivity index (χ0) is 80.1. The zero-order valence-electron chi connectivity index (χ0n) is 63.3. The quantitative estimate of drug-likeness (QED) is 0.0101. The Bertz CT molecular complexity index is 4610. The molecule has 9 N–H and O–H groups in total. The first-order valence-electron chi connectivity index (χ1n) is 37.5. The summed E-state index contributed by atoms with van der Waals surface area (Å²) in [6.45, 7) is 13.1. The predicted octanol–water partition coefficient (Wildman–Crippen LogP) is 9.92. The van der Waals surface area contributed by atoms with E-state index in [1.165, 1.54) is 16.2 Å². The summed E-state index contributed by atoms with van der Waals surface area (Å²) in [5.74, 6) is -9.81. The number of rotatable bonds is 38. The Hall–Kier alpha value is -10.3. The van der Waals surface area contributed by atoms with E-state index in [1.54, 1.807) is 56.4 Å². The second kappa shape index (κ2) is 36.2. The van der Waals surface area contributed by atoms with Crippen LogP contribution in [0.4, 0.5) is 26.2 Å². The number of amides is 8. The number of imide groups is 1. The number of hydrogen-bond acceptors (Lipinski definition) is 20. The molecule has 594 valence electrons. The molecule has 3 aromatic carbocycles. The molecule has 2 saturated carbocycles. The minimum absolute atomic E-state index is 0.00945. The number of carbonyl (C=O) groups is 11. The highest BCUT2D eigenvalue weighted by Crippen LogP contribution is 2.60. The van der Waals surface area contributed by atoms with Gasteiger partial charge in [-0.2, -0.15) is 13.5 Å². The van der Waals surface area contributed by atoms with E-state index in [0.29, 0.717) is 90.9 Å². The Morgan fingerprint density at radius 2 is 1.56 bits per heavy atom. The lowest BCUT2D eigenvalue weighted by atomic mass is 9.51. The lowest BCUT2D eigenvalue weighted by Gasteiger charge is -2.58. The molecule has 0 spiro atoms. The van der Waals surface area contributed by atoms with E-state index >= 15 is 0 Å². The van der Waals surface area contributed by atoms with Crippen molar-refractivity contribution >= 4 is 113 Å². The number of carboxylic acid groups (broad SMARTS) is 2. The monoisotopic (exact) mass is 1570 g/mol. The number of aromatic nitrogens is 4. The van der Waals surface area contributed by atoms with Gasteiger partial charge in [0.15, 0.2) is 16.6 Å². The Morgan fingerprint density at radius 3 is 2.26 bits per heavy atom. The maximum atomic E-state index is 14.2. The number of hydrogen-bond donors (Lipinski definition) is 8. The van der Waals surface area contributed by atoms with Crippen LogP contribution in [0.15, 0.2) is 97.2 Å². The van der Waals surface area contributed by atoms with E-state index in [-0.39, 0.29) is 93.2 Å². The Morgan fingerprint density at radius 1 is 0.811 bits per heavy atom. The van der Waals surface area contributed by atoms with Gasteiger partial charge in [-0.1, -0.05) is 88.8 Å². The van der Waals surface area contributed by atoms with Gasteiger partial charge < -0.3 is 51.2 Å². The van der Waals surface area contributed by atoms with Gasteiger partial charge in [0.05, 0.1) is 52.8 Å². The number of urea groups is 1. The third kappa shape index (κ3) is 22.3. The molecule has 2 aliphatic heterocycles. The number of anilines is 3. The summed E-state index contributed by atoms with van der Waals surface area (Å²) in [6.07, 6.45) is 7.65. The van der Waals surface area contributed by atoms with E-state index in [1.807, 2.05) is 59.0 Å². The lowest BCUT2D eigenvalue weighted by molar-refractivity contribution is -0.179. The maximum Gasteiger partial charge on any atom is 0.410 e. The molecule has 4 aliphatic rings. The number of thiazole rings is 1. The van der Waals surface area contributed by atoms with Crippen LogP contribution in [0.3, 0.4) is 0 Å². The van der Waals surface area contributed by atoms with Crippen molar-refractivity contribution in [3.63, 3.8) is 0 Å². The predicted molar refractivity (Wildman–Crippen MR) is 413 cm³/mol. The molecule has 0 radical (unpaired) electrons. The molecule has 0 saturated heterocycles. The molecule has 2 fully saturated rings. The van der Waals surface area contributed by atoms with Crippen LogP contribution in [-0.2, 0) is 79.3 Å². The number of ether oxygens (including phenoxy) is 2. The van der Waals surface area contributed by atoms with Gasteiger partial charge in [-0.05, 0) is 153 Å². The number of primary amides is 1. The highest BCUT2D eigenvalue weighted by Gasteiger charge is 2.56. The van der Waals surface area contributed by atoms with Gasteiger partial charge in [-0.15, -0.1) is 0 Å². The van der Waals surface area contributed by atoms with Crippen LogP contribution in [0, 0.1) is 41.4 Å². The first-order valence-corrected chi connectivity index (χ1v) is 39.9. The van der Waals surface area contributed by atoms with Crippen molar-refractivity contribution in [2.75, 3.05) is 60.6 Å². The van der Waals surface area contributed by atoms with E-state index in [9.17, 15) is 75.9 Å². The van der Waals surface area contributed by atoms with Gasteiger partial charge in [0.2, 0.25) is 11.8 Å². The summed E-state index contributed by atoms with van der Waals surface area (Å²) in [6, 6.07) is 21.1. The van der Waals surface area contributed by atoms with E-state index in [2.05, 4.69) is 47.0 Å². The number of benzene rings is 3. The molecule has 10 rings (SSSR count). The van der Waals surface area contributed by atoms with Crippen LogP contribution in [0.2, 0.25) is 0 Å². The van der Waals surface area contributed by atoms with Gasteiger partial charge >= 0.3 is 24.1 Å². The van der Waals surface area contributed by atoms with Gasteiger partial charge in [-0.3, -0.25) is 57.8 Å². The molecular formula is C79H98N12O18S2. The van der Waals surface area contributed by atoms with Crippen LogP contribution in [0.25, 0.3) is 21.3 Å². The number of nitrogens with two attached hydrogens (primary N) is 1. The molecular weight excluding hydrogens is 1470 g/mol. The fourth-order valence-electron chi connectivity index (χ4n) is 16.7. The number of aromatic carboxylic acids is 1. The fraction of sp³-hybridized carbons (Fsp3) is 0.494. The molecule has 2 aliphatic carbocycles. The number of nitrogens with zero attached hydrogens (tertiary/aromatic N) is 7. The fourth-order valence-corrected chi connectivity index (χ4v) is 18.3. The largest absolute Gasteiger partial charge is 0.481 e. The summed E-state index contributed by atoms with van der Waals surface area (Å²) in [4.78, 5) is 157. The molecule has 4 unspecified atom stereocenters. The topological polar surface area (TPSA) is 429 Å². The molecule has 30 nitrogen and oxygen atoms in total. The maximum absolute atomic E-state index is 14.2. The number of nitrogens with one attached hydrogen (secondary N) is 4. The zero-order valence-corrected chi connectivity index (χ0v) is 64.9. The van der Waals surface area contributed by atoms with Crippen LogP contribution < -0.4 is 31.9 Å². The number of pyridine rings is 1. The van der Waals surface area contributed by atoms with E-state index < -0.39 is 117 Å².